The van der Waals surface area contributed by atoms with Gasteiger partial charge in [-0.15, -0.1) is 13.2 Å². The van der Waals surface area contributed by atoms with Crippen LogP contribution in [0.4, 0.5) is 13.2 Å². The van der Waals surface area contributed by atoms with Gasteiger partial charge in [0.2, 0.25) is 11.8 Å². The molecule has 5 rings (SSSR count). The van der Waals surface area contributed by atoms with Gasteiger partial charge in [-0.3, -0.25) is 33.4 Å². The molecule has 14 nitrogen and oxygen atoms in total. The molecule has 2 saturated carbocycles. The summed E-state index contributed by atoms with van der Waals surface area (Å²) in [6, 6.07) is -0.718. The van der Waals surface area contributed by atoms with Crippen molar-refractivity contribution in [3.05, 3.63) is 33.9 Å². The number of carbonyl (C=O) groups is 5. The van der Waals surface area contributed by atoms with E-state index in [-0.39, 0.29) is 26.1 Å². The van der Waals surface area contributed by atoms with Gasteiger partial charge >= 0.3 is 12.1 Å². The number of aliphatic hydroxyl groups is 1. The fourth-order valence-electron chi connectivity index (χ4n) is 7.99. The van der Waals surface area contributed by atoms with E-state index in [1.165, 1.54) is 0 Å². The SMILES string of the molecule is CCCCn1cc(O)n(-c2cc(OC(F)(F)F)c3c(c2O)C(=O)C2C(=O)C4(O)C(=O)C(C(N)=O)C(=O)C(N(CCC)CCC)C4CC2C3)c1=O. The second-order valence-electron chi connectivity index (χ2n) is 13.2. The Morgan fingerprint density at radius 2 is 1.70 bits per heavy atom. The molecule has 1 aromatic carbocycles. The van der Waals surface area contributed by atoms with Gasteiger partial charge in [0, 0.05) is 24.1 Å². The molecule has 0 radical (unpaired) electrons. The minimum absolute atomic E-state index is 0.113. The number of ether oxygens (including phenoxy) is 1. The first-order valence-corrected chi connectivity index (χ1v) is 16.5. The minimum Gasteiger partial charge on any atom is -0.505 e. The Morgan fingerprint density at radius 1 is 1.06 bits per heavy atom. The van der Waals surface area contributed by atoms with Crippen molar-refractivity contribution >= 4 is 29.0 Å². The van der Waals surface area contributed by atoms with Gasteiger partial charge in [-0.1, -0.05) is 27.2 Å². The maximum Gasteiger partial charge on any atom is 0.573 e. The number of ketones is 4. The number of benzene rings is 1. The Balaban J connectivity index is 1.71. The molecule has 2 aromatic rings. The second-order valence-corrected chi connectivity index (χ2v) is 13.2. The lowest BCUT2D eigenvalue weighted by Crippen LogP contribution is -2.74. The number of carbonyl (C=O) groups excluding carboxylic acids is 5. The maximum atomic E-state index is 14.3. The molecular weight excluding hydrogens is 669 g/mol. The maximum absolute atomic E-state index is 14.3. The number of nitrogens with zero attached hydrogens (tertiary/aromatic N) is 3. The van der Waals surface area contributed by atoms with Gasteiger partial charge in [0.1, 0.15) is 5.75 Å². The number of primary amides is 1. The summed E-state index contributed by atoms with van der Waals surface area (Å²) in [6.45, 7) is 6.06. The number of amides is 1. The van der Waals surface area contributed by atoms with Crippen LogP contribution in [-0.2, 0) is 32.1 Å². The van der Waals surface area contributed by atoms with Gasteiger partial charge in [0.15, 0.2) is 40.4 Å². The number of phenolic OH excluding ortho intramolecular Hbond substituents is 1. The minimum atomic E-state index is -5.33. The first kappa shape index (κ1) is 36.8. The third-order valence-corrected chi connectivity index (χ3v) is 10.0. The number of rotatable bonds is 11. The summed E-state index contributed by atoms with van der Waals surface area (Å²) in [4.78, 5) is 83.4. The number of nitrogens with two attached hydrogens (primary N) is 1. The van der Waals surface area contributed by atoms with Crippen molar-refractivity contribution in [3.8, 4) is 23.1 Å². The summed E-state index contributed by atoms with van der Waals surface area (Å²) >= 11 is 0. The monoisotopic (exact) mass is 708 g/mol. The lowest BCUT2D eigenvalue weighted by Gasteiger charge is -2.53. The van der Waals surface area contributed by atoms with Crippen LogP contribution >= 0.6 is 0 Å². The zero-order chi connectivity index (χ0) is 37.0. The number of unbranched alkanes of at least 4 members (excludes halogenated alkanes) is 1. The van der Waals surface area contributed by atoms with E-state index in [9.17, 15) is 57.3 Å². The largest absolute Gasteiger partial charge is 0.573 e. The molecule has 17 heteroatoms. The lowest BCUT2D eigenvalue weighted by molar-refractivity contribution is -0.275. The van der Waals surface area contributed by atoms with E-state index >= 15 is 0 Å². The van der Waals surface area contributed by atoms with E-state index in [1.54, 1.807) is 18.7 Å². The summed E-state index contributed by atoms with van der Waals surface area (Å²) in [7, 11) is 0. The van der Waals surface area contributed by atoms with Crippen LogP contribution in [0.1, 0.15) is 68.8 Å². The zero-order valence-electron chi connectivity index (χ0n) is 27.7. The van der Waals surface area contributed by atoms with E-state index in [0.29, 0.717) is 36.3 Å². The molecule has 0 bridgehead atoms. The molecule has 5 N–H and O–H groups in total. The van der Waals surface area contributed by atoms with Crippen LogP contribution in [0.25, 0.3) is 5.69 Å². The molecule has 0 saturated heterocycles. The number of Topliss-reactive ketones (excluding diaryl/α,β-unsaturated/α-hetero) is 4. The summed E-state index contributed by atoms with van der Waals surface area (Å²) in [5.41, 5.74) is -0.638. The Hall–Kier alpha value is -4.51. The number of fused-ring (bicyclic) bond motifs is 3. The number of hydrogen-bond acceptors (Lipinski definition) is 11. The first-order chi connectivity index (χ1) is 23.4. The van der Waals surface area contributed by atoms with Gasteiger partial charge in [-0.25, -0.2) is 9.36 Å². The number of imidazole rings is 1. The van der Waals surface area contributed by atoms with Crippen molar-refractivity contribution < 1.29 is 57.2 Å². The highest BCUT2D eigenvalue weighted by molar-refractivity contribution is 6.32. The number of hydrogen-bond donors (Lipinski definition) is 4. The van der Waals surface area contributed by atoms with Crippen molar-refractivity contribution in [1.29, 1.82) is 0 Å². The van der Waals surface area contributed by atoms with Crippen molar-refractivity contribution in [3.63, 3.8) is 0 Å². The van der Waals surface area contributed by atoms with Crippen LogP contribution in [0.5, 0.6) is 17.4 Å². The zero-order valence-corrected chi connectivity index (χ0v) is 27.7. The van der Waals surface area contributed by atoms with E-state index in [0.717, 1.165) is 10.8 Å². The number of phenols is 1. The van der Waals surface area contributed by atoms with E-state index in [1.807, 2.05) is 6.92 Å². The van der Waals surface area contributed by atoms with Crippen LogP contribution in [0.15, 0.2) is 17.1 Å². The fourth-order valence-corrected chi connectivity index (χ4v) is 7.99. The van der Waals surface area contributed by atoms with E-state index < -0.39 is 117 Å². The van der Waals surface area contributed by atoms with Gasteiger partial charge in [0.05, 0.1) is 29.4 Å². The molecule has 2 fully saturated rings. The number of aryl methyl sites for hydroxylation is 1. The topological polar surface area (TPSA) is 211 Å². The average molecular weight is 709 g/mol. The molecule has 0 aliphatic heterocycles. The standard InChI is InChI=1S/C33H39F3N4O10/c1-4-7-10-39-14-20(41)40(31(39)48)18-13-19(50-33(34,35)36)16-11-15-12-17-24(38(8-5-2)9-6-3)27(44)23(30(37)47)29(46)32(17,49)28(45)21(15)26(43)22(16)25(18)42/h13-15,17,21,23-24,41-42,49H,4-12H2,1-3H3,(H2,37,47). The van der Waals surface area contributed by atoms with E-state index in [2.05, 4.69) is 4.74 Å². The summed E-state index contributed by atoms with van der Waals surface area (Å²) in [6.07, 6.45) is -3.10. The van der Waals surface area contributed by atoms with Crippen LogP contribution in [0.3, 0.4) is 0 Å². The lowest BCUT2D eigenvalue weighted by atomic mass is 9.52. The number of alkyl halides is 3. The molecule has 272 valence electrons. The third-order valence-electron chi connectivity index (χ3n) is 10.0. The first-order valence-electron chi connectivity index (χ1n) is 16.5. The highest BCUT2D eigenvalue weighted by Gasteiger charge is 2.69. The van der Waals surface area contributed by atoms with Gasteiger partial charge in [0.25, 0.3) is 0 Å². The highest BCUT2D eigenvalue weighted by atomic mass is 19.4. The molecule has 50 heavy (non-hydrogen) atoms. The molecule has 3 aliphatic carbocycles. The van der Waals surface area contributed by atoms with E-state index in [4.69, 9.17) is 5.73 Å². The van der Waals surface area contributed by atoms with Crippen LogP contribution in [0.2, 0.25) is 0 Å². The second kappa shape index (κ2) is 13.3. The molecule has 0 spiro atoms. The number of aromatic nitrogens is 2. The Bertz CT molecular complexity index is 1810. The fraction of sp³-hybridized carbons (Fsp3) is 0.576. The average Bonchev–Trinajstić information content (AvgIpc) is 3.30. The summed E-state index contributed by atoms with van der Waals surface area (Å²) < 4.78 is 47.2. The molecule has 1 amide bonds. The Kier molecular flexibility index (Phi) is 9.79. The van der Waals surface area contributed by atoms with Crippen LogP contribution in [-0.4, -0.2) is 89.5 Å². The molecule has 3 aliphatic rings. The molecular formula is C33H39F3N4O10. The predicted octanol–water partition coefficient (Wildman–Crippen LogP) is 1.78. The smallest absolute Gasteiger partial charge is 0.505 e. The summed E-state index contributed by atoms with van der Waals surface area (Å²) in [5.74, 6) is -16.1. The van der Waals surface area contributed by atoms with Gasteiger partial charge in [-0.05, 0) is 51.1 Å². The summed E-state index contributed by atoms with van der Waals surface area (Å²) in [5, 5.41) is 34.1. The normalized spacial score (nSPS) is 26.5. The van der Waals surface area contributed by atoms with Crippen molar-refractivity contribution in [2.75, 3.05) is 13.1 Å². The predicted molar refractivity (Wildman–Crippen MR) is 167 cm³/mol. The Labute approximate surface area is 283 Å². The number of aromatic hydroxyl groups is 2. The highest BCUT2D eigenvalue weighted by Crippen LogP contribution is 2.53. The van der Waals surface area contributed by atoms with Crippen molar-refractivity contribution in [2.24, 2.45) is 29.4 Å². The van der Waals surface area contributed by atoms with Crippen molar-refractivity contribution in [2.45, 2.75) is 83.8 Å². The molecule has 6 atom stereocenters. The van der Waals surface area contributed by atoms with Gasteiger partial charge < -0.3 is 25.8 Å². The number of halogens is 3. The molecule has 1 aromatic heterocycles. The van der Waals surface area contributed by atoms with Crippen LogP contribution < -0.4 is 16.2 Å². The quantitative estimate of drug-likeness (QED) is 0.247. The third kappa shape index (κ3) is 5.79. The van der Waals surface area contributed by atoms with Crippen LogP contribution in [0, 0.1) is 23.7 Å². The molecule has 1 heterocycles. The van der Waals surface area contributed by atoms with Crippen molar-refractivity contribution in [1.82, 2.24) is 14.0 Å². The Morgan fingerprint density at radius 3 is 2.26 bits per heavy atom. The van der Waals surface area contributed by atoms with Gasteiger partial charge in [-0.2, -0.15) is 0 Å². The molecule has 6 unspecified atom stereocenters.